The summed E-state index contributed by atoms with van der Waals surface area (Å²) in [5.41, 5.74) is 2.79. The largest absolute Gasteiger partial charge is 0.494 e. The van der Waals surface area contributed by atoms with E-state index in [2.05, 4.69) is 10.0 Å². The van der Waals surface area contributed by atoms with Gasteiger partial charge in [0.2, 0.25) is 10.0 Å². The number of ketones is 1. The summed E-state index contributed by atoms with van der Waals surface area (Å²) < 4.78 is 33.1. The number of benzene rings is 3. The van der Waals surface area contributed by atoms with E-state index in [0.717, 1.165) is 11.3 Å². The van der Waals surface area contributed by atoms with Crippen molar-refractivity contribution in [2.75, 3.05) is 13.2 Å². The first kappa shape index (κ1) is 25.1. The van der Waals surface area contributed by atoms with Crippen LogP contribution >= 0.6 is 0 Å². The molecule has 178 valence electrons. The summed E-state index contributed by atoms with van der Waals surface area (Å²) in [4.78, 5) is 23.8. The Morgan fingerprint density at radius 2 is 1.59 bits per heavy atom. The predicted octanol–water partition coefficient (Wildman–Crippen LogP) is 3.88. The summed E-state index contributed by atoms with van der Waals surface area (Å²) in [6.45, 7) is 4.49. The monoisotopic (exact) mass is 480 g/mol. The first-order chi connectivity index (χ1) is 16.2. The van der Waals surface area contributed by atoms with E-state index in [0.29, 0.717) is 36.3 Å². The van der Waals surface area contributed by atoms with Crippen molar-refractivity contribution < 1.29 is 22.7 Å². The standard InChI is InChI=1S/C26H28N2O5S/c1-19-5-3-6-24(17-19)33-16-4-15-27-26(30)23-9-7-21(8-10-23)18-28-34(31,32)25-13-11-22(12-14-25)20(2)29/h3,5-14,17,28H,4,15-16,18H2,1-2H3,(H,27,30). The van der Waals surface area contributed by atoms with Crippen LogP contribution in [0.4, 0.5) is 0 Å². The van der Waals surface area contributed by atoms with Gasteiger partial charge in [0.15, 0.2) is 5.78 Å². The Kier molecular flexibility index (Phi) is 8.56. The molecule has 0 saturated carbocycles. The van der Waals surface area contributed by atoms with E-state index in [1.807, 2.05) is 31.2 Å². The lowest BCUT2D eigenvalue weighted by Gasteiger charge is -2.09. The van der Waals surface area contributed by atoms with Crippen LogP contribution in [-0.2, 0) is 16.6 Å². The Hall–Kier alpha value is -3.49. The number of amides is 1. The van der Waals surface area contributed by atoms with Gasteiger partial charge >= 0.3 is 0 Å². The van der Waals surface area contributed by atoms with E-state index in [-0.39, 0.29) is 23.1 Å². The average Bonchev–Trinajstić information content (AvgIpc) is 2.83. The maximum atomic E-state index is 12.5. The Morgan fingerprint density at radius 3 is 2.24 bits per heavy atom. The molecule has 0 heterocycles. The van der Waals surface area contributed by atoms with Gasteiger partial charge in [-0.25, -0.2) is 13.1 Å². The van der Waals surface area contributed by atoms with Crippen molar-refractivity contribution in [2.24, 2.45) is 0 Å². The molecule has 34 heavy (non-hydrogen) atoms. The van der Waals surface area contributed by atoms with Crippen molar-refractivity contribution in [3.05, 3.63) is 95.1 Å². The number of ether oxygens (including phenoxy) is 1. The third kappa shape index (κ3) is 7.26. The van der Waals surface area contributed by atoms with Gasteiger partial charge < -0.3 is 10.1 Å². The number of carbonyl (C=O) groups is 2. The molecule has 0 fully saturated rings. The molecule has 0 radical (unpaired) electrons. The van der Waals surface area contributed by atoms with Crippen LogP contribution in [0.25, 0.3) is 0 Å². The zero-order valence-electron chi connectivity index (χ0n) is 19.2. The summed E-state index contributed by atoms with van der Waals surface area (Å²) in [6.07, 6.45) is 0.674. The molecule has 0 aliphatic heterocycles. The fourth-order valence-electron chi connectivity index (χ4n) is 3.18. The van der Waals surface area contributed by atoms with E-state index in [1.165, 1.54) is 31.2 Å². The smallest absolute Gasteiger partial charge is 0.251 e. The van der Waals surface area contributed by atoms with Gasteiger partial charge in [-0.15, -0.1) is 0 Å². The van der Waals surface area contributed by atoms with Crippen LogP contribution in [0.2, 0.25) is 0 Å². The Morgan fingerprint density at radius 1 is 0.912 bits per heavy atom. The van der Waals surface area contributed by atoms with Gasteiger partial charge in [-0.1, -0.05) is 36.4 Å². The number of aryl methyl sites for hydroxylation is 1. The minimum absolute atomic E-state index is 0.0784. The molecule has 3 aromatic rings. The molecule has 3 rings (SSSR count). The van der Waals surface area contributed by atoms with E-state index in [1.54, 1.807) is 24.3 Å². The van der Waals surface area contributed by atoms with Crippen LogP contribution in [-0.4, -0.2) is 33.3 Å². The van der Waals surface area contributed by atoms with Gasteiger partial charge in [0.1, 0.15) is 5.75 Å². The second-order valence-electron chi connectivity index (χ2n) is 7.88. The maximum absolute atomic E-state index is 12.5. The first-order valence-electron chi connectivity index (χ1n) is 10.9. The summed E-state index contributed by atoms with van der Waals surface area (Å²) in [5, 5.41) is 2.85. The van der Waals surface area contributed by atoms with Crippen molar-refractivity contribution in [1.82, 2.24) is 10.0 Å². The van der Waals surface area contributed by atoms with Gasteiger partial charge in [0, 0.05) is 24.2 Å². The third-order valence-electron chi connectivity index (χ3n) is 5.12. The van der Waals surface area contributed by atoms with Gasteiger partial charge in [0.05, 0.1) is 11.5 Å². The van der Waals surface area contributed by atoms with Crippen molar-refractivity contribution >= 4 is 21.7 Å². The van der Waals surface area contributed by atoms with Gasteiger partial charge in [0.25, 0.3) is 5.91 Å². The fraction of sp³-hybridized carbons (Fsp3) is 0.231. The molecule has 0 aliphatic rings. The molecule has 2 N–H and O–H groups in total. The number of Topliss-reactive ketones (excluding diaryl/α,β-unsaturated/α-hetero) is 1. The van der Waals surface area contributed by atoms with E-state index >= 15 is 0 Å². The zero-order valence-corrected chi connectivity index (χ0v) is 20.0. The quantitative estimate of drug-likeness (QED) is 0.320. The minimum Gasteiger partial charge on any atom is -0.494 e. The molecule has 0 bridgehead atoms. The Bertz CT molecular complexity index is 1240. The lowest BCUT2D eigenvalue weighted by Crippen LogP contribution is -2.26. The molecule has 0 saturated heterocycles. The Labute approximate surface area is 200 Å². The zero-order chi connectivity index (χ0) is 24.6. The van der Waals surface area contributed by atoms with Crippen molar-refractivity contribution in [3.63, 3.8) is 0 Å². The molecule has 8 heteroatoms. The number of hydrogen-bond acceptors (Lipinski definition) is 5. The highest BCUT2D eigenvalue weighted by molar-refractivity contribution is 7.89. The van der Waals surface area contributed by atoms with Crippen molar-refractivity contribution in [1.29, 1.82) is 0 Å². The predicted molar refractivity (Wildman–Crippen MR) is 131 cm³/mol. The van der Waals surface area contributed by atoms with Crippen LogP contribution in [0.15, 0.2) is 77.7 Å². The third-order valence-corrected chi connectivity index (χ3v) is 6.54. The van der Waals surface area contributed by atoms with Gasteiger partial charge in [-0.2, -0.15) is 0 Å². The number of hydrogen-bond donors (Lipinski definition) is 2. The van der Waals surface area contributed by atoms with Gasteiger partial charge in [-0.3, -0.25) is 9.59 Å². The summed E-state index contributed by atoms with van der Waals surface area (Å²) in [5.74, 6) is 0.482. The molecule has 0 unspecified atom stereocenters. The fourth-order valence-corrected chi connectivity index (χ4v) is 4.19. The maximum Gasteiger partial charge on any atom is 0.251 e. The number of sulfonamides is 1. The Balaban J connectivity index is 1.43. The molecule has 0 spiro atoms. The highest BCUT2D eigenvalue weighted by atomic mass is 32.2. The summed E-state index contributed by atoms with van der Waals surface area (Å²) in [6, 6.07) is 20.3. The molecule has 1 amide bonds. The molecule has 7 nitrogen and oxygen atoms in total. The molecular formula is C26H28N2O5S. The minimum atomic E-state index is -3.72. The second kappa shape index (κ2) is 11.6. The highest BCUT2D eigenvalue weighted by Gasteiger charge is 2.14. The van der Waals surface area contributed by atoms with E-state index in [4.69, 9.17) is 4.74 Å². The molecule has 3 aromatic carbocycles. The number of nitrogens with one attached hydrogen (secondary N) is 2. The van der Waals surface area contributed by atoms with Crippen LogP contribution < -0.4 is 14.8 Å². The average molecular weight is 481 g/mol. The SMILES string of the molecule is CC(=O)c1ccc(S(=O)(=O)NCc2ccc(C(=O)NCCCOc3cccc(C)c3)cc2)cc1. The van der Waals surface area contributed by atoms with Crippen LogP contribution in [0.3, 0.4) is 0 Å². The lowest BCUT2D eigenvalue weighted by molar-refractivity contribution is 0.0950. The highest BCUT2D eigenvalue weighted by Crippen LogP contribution is 2.13. The first-order valence-corrected chi connectivity index (χ1v) is 12.4. The molecule has 0 aliphatic carbocycles. The van der Waals surface area contributed by atoms with Crippen LogP contribution in [0.5, 0.6) is 5.75 Å². The van der Waals surface area contributed by atoms with E-state index < -0.39 is 10.0 Å². The van der Waals surface area contributed by atoms with Crippen LogP contribution in [0.1, 0.15) is 45.2 Å². The van der Waals surface area contributed by atoms with Crippen molar-refractivity contribution in [2.45, 2.75) is 31.7 Å². The normalized spacial score (nSPS) is 11.1. The second-order valence-corrected chi connectivity index (χ2v) is 9.64. The van der Waals surface area contributed by atoms with Gasteiger partial charge in [-0.05, 0) is 67.8 Å². The lowest BCUT2D eigenvalue weighted by atomic mass is 10.1. The van der Waals surface area contributed by atoms with E-state index in [9.17, 15) is 18.0 Å². The van der Waals surface area contributed by atoms with Crippen LogP contribution in [0, 0.1) is 6.92 Å². The summed E-state index contributed by atoms with van der Waals surface area (Å²) >= 11 is 0. The topological polar surface area (TPSA) is 102 Å². The summed E-state index contributed by atoms with van der Waals surface area (Å²) in [7, 11) is -3.72. The number of rotatable bonds is 11. The molecule has 0 atom stereocenters. The van der Waals surface area contributed by atoms with Crippen molar-refractivity contribution in [3.8, 4) is 5.75 Å². The molecular weight excluding hydrogens is 452 g/mol. The molecule has 0 aromatic heterocycles. The number of carbonyl (C=O) groups excluding carboxylic acids is 2.